The van der Waals surface area contributed by atoms with Crippen molar-refractivity contribution >= 4 is 21.6 Å². The minimum atomic E-state index is -1.18. The Bertz CT molecular complexity index is 374. The van der Waals surface area contributed by atoms with E-state index in [0.717, 1.165) is 4.44 Å². The van der Waals surface area contributed by atoms with E-state index in [-0.39, 0.29) is 0 Å². The predicted octanol–water partition coefficient (Wildman–Crippen LogP) is 2.85. The zero-order valence-corrected chi connectivity index (χ0v) is 11.9. The van der Waals surface area contributed by atoms with Crippen LogP contribution in [-0.4, -0.2) is 25.0 Å². The molecule has 2 aromatic rings. The van der Waals surface area contributed by atoms with Crippen LogP contribution < -0.4 is 0 Å². The number of rotatable bonds is 4. The van der Waals surface area contributed by atoms with Crippen molar-refractivity contribution in [3.8, 4) is 0 Å². The average molecular weight is 317 g/mol. The number of hydrogen-bond donors (Lipinski definition) is 1. The summed E-state index contributed by atoms with van der Waals surface area (Å²) in [4.78, 5) is 0. The average Bonchev–Trinajstić information content (AvgIpc) is 2.38. The zero-order valence-electron chi connectivity index (χ0n) is 9.01. The molecule has 0 amide bonds. The Morgan fingerprint density at radius 3 is 1.62 bits per heavy atom. The first kappa shape index (κ1) is 11.7. The van der Waals surface area contributed by atoms with Crippen molar-refractivity contribution in [1.29, 1.82) is 0 Å². The van der Waals surface area contributed by atoms with E-state index in [0.29, 0.717) is 5.92 Å². The van der Waals surface area contributed by atoms with E-state index in [9.17, 15) is 3.44 Å². The molecule has 0 heterocycles. The van der Waals surface area contributed by atoms with Crippen LogP contribution in [-0.2, 0) is 0 Å². The second-order valence-corrected chi connectivity index (χ2v) is 5.80. The third kappa shape index (κ3) is 2.86. The summed E-state index contributed by atoms with van der Waals surface area (Å²) in [5.74, 6) is 0.374. The number of benzene rings is 2. The van der Waals surface area contributed by atoms with Gasteiger partial charge in [-0.3, -0.25) is 0 Å². The van der Waals surface area contributed by atoms with E-state index in [4.69, 9.17) is 0 Å². The Balaban J connectivity index is 2.31. The Hall–Kier alpha value is -0.801. The molecule has 0 aliphatic rings. The third-order valence-corrected chi connectivity index (χ3v) is 4.39. The molecule has 0 atom stereocenters. The summed E-state index contributed by atoms with van der Waals surface area (Å²) in [6.45, 7) is 0. The van der Waals surface area contributed by atoms with Gasteiger partial charge in [-0.2, -0.15) is 0 Å². The summed E-state index contributed by atoms with van der Waals surface area (Å²) in [6.07, 6.45) is 0. The van der Waals surface area contributed by atoms with Crippen LogP contribution >= 0.6 is 0 Å². The Labute approximate surface area is 107 Å². The fourth-order valence-corrected chi connectivity index (χ4v) is 3.76. The topological polar surface area (TPSA) is 20.2 Å². The predicted molar refractivity (Wildman–Crippen MR) is 67.5 cm³/mol. The van der Waals surface area contributed by atoms with Crippen LogP contribution in [0.3, 0.4) is 0 Å². The summed E-state index contributed by atoms with van der Waals surface area (Å²) in [5.41, 5.74) is 2.62. The van der Waals surface area contributed by atoms with Crippen molar-refractivity contribution in [3.05, 3.63) is 71.8 Å². The molecule has 2 rings (SSSR count). The maximum absolute atomic E-state index is 9.33. The first-order valence-electron chi connectivity index (χ1n) is 5.38. The molecule has 0 saturated carbocycles. The molecule has 2 radical (unpaired) electrons. The van der Waals surface area contributed by atoms with Crippen molar-refractivity contribution in [1.82, 2.24) is 0 Å². The van der Waals surface area contributed by atoms with Gasteiger partial charge in [0.15, 0.2) is 0 Å². The van der Waals surface area contributed by atoms with E-state index >= 15 is 0 Å². The van der Waals surface area contributed by atoms with Crippen LogP contribution in [0.2, 0.25) is 4.44 Å². The van der Waals surface area contributed by atoms with Gasteiger partial charge in [0.1, 0.15) is 0 Å². The van der Waals surface area contributed by atoms with Crippen LogP contribution in [0.1, 0.15) is 17.0 Å². The molecule has 0 saturated heterocycles. The molecule has 2 aromatic carbocycles. The van der Waals surface area contributed by atoms with Crippen LogP contribution in [0.15, 0.2) is 60.7 Å². The van der Waals surface area contributed by atoms with E-state index in [1.165, 1.54) is 11.1 Å². The van der Waals surface area contributed by atoms with E-state index in [1.54, 1.807) is 0 Å². The molecule has 0 bridgehead atoms. The Morgan fingerprint density at radius 2 is 1.25 bits per heavy atom. The quantitative estimate of drug-likeness (QED) is 0.860. The van der Waals surface area contributed by atoms with Crippen LogP contribution in [0.4, 0.5) is 0 Å². The van der Waals surface area contributed by atoms with Gasteiger partial charge in [-0.25, -0.2) is 0 Å². The van der Waals surface area contributed by atoms with Crippen LogP contribution in [0, 0.1) is 0 Å². The summed E-state index contributed by atoms with van der Waals surface area (Å²) < 4.78 is 10.3. The molecule has 1 N–H and O–H groups in total. The summed E-state index contributed by atoms with van der Waals surface area (Å²) in [7, 11) is 0. The summed E-state index contributed by atoms with van der Waals surface area (Å²) >= 11 is -1.18. The first-order valence-corrected chi connectivity index (χ1v) is 8.68. The molecule has 2 heteroatoms. The Kier molecular flexibility index (Phi) is 4.42. The third-order valence-electron chi connectivity index (χ3n) is 2.70. The molecule has 16 heavy (non-hydrogen) atoms. The molecule has 0 fully saturated rings. The van der Waals surface area contributed by atoms with Crippen molar-refractivity contribution in [2.45, 2.75) is 10.4 Å². The van der Waals surface area contributed by atoms with Gasteiger partial charge in [-0.1, -0.05) is 0 Å². The first-order chi connectivity index (χ1) is 7.92. The van der Waals surface area contributed by atoms with Crippen LogP contribution in [0.25, 0.3) is 0 Å². The van der Waals surface area contributed by atoms with Gasteiger partial charge in [-0.05, 0) is 0 Å². The summed E-state index contributed by atoms with van der Waals surface area (Å²) in [5, 5.41) is 0. The van der Waals surface area contributed by atoms with Crippen molar-refractivity contribution in [3.63, 3.8) is 0 Å². The molecule has 0 aromatic heterocycles. The fourth-order valence-electron chi connectivity index (χ4n) is 1.89. The fraction of sp³-hybridized carbons (Fsp3) is 0.143. The van der Waals surface area contributed by atoms with E-state index in [2.05, 4.69) is 48.5 Å². The molecular weight excluding hydrogens is 303 g/mol. The molecule has 1 nitrogen and oxygen atoms in total. The van der Waals surface area contributed by atoms with Crippen molar-refractivity contribution in [2.24, 2.45) is 0 Å². The second-order valence-electron chi connectivity index (χ2n) is 3.74. The SMILES string of the molecule is [OH][Sn][CH2]C(c1ccccc1)c1ccccc1. The summed E-state index contributed by atoms with van der Waals surface area (Å²) in [6, 6.07) is 20.9. The van der Waals surface area contributed by atoms with Gasteiger partial charge >= 0.3 is 107 Å². The second kappa shape index (κ2) is 6.06. The van der Waals surface area contributed by atoms with E-state index < -0.39 is 21.6 Å². The van der Waals surface area contributed by atoms with E-state index in [1.807, 2.05) is 12.1 Å². The molecule has 0 aliphatic heterocycles. The van der Waals surface area contributed by atoms with Gasteiger partial charge in [0.25, 0.3) is 0 Å². The monoisotopic (exact) mass is 318 g/mol. The minimum absolute atomic E-state index is 0.374. The van der Waals surface area contributed by atoms with Gasteiger partial charge in [0.05, 0.1) is 0 Å². The number of hydrogen-bond acceptors (Lipinski definition) is 1. The van der Waals surface area contributed by atoms with Gasteiger partial charge < -0.3 is 0 Å². The van der Waals surface area contributed by atoms with Crippen molar-refractivity contribution < 1.29 is 3.44 Å². The van der Waals surface area contributed by atoms with Gasteiger partial charge in [-0.15, -0.1) is 0 Å². The van der Waals surface area contributed by atoms with Crippen molar-refractivity contribution in [2.75, 3.05) is 0 Å². The van der Waals surface area contributed by atoms with Crippen LogP contribution in [0.5, 0.6) is 0 Å². The maximum atomic E-state index is 9.33. The molecule has 0 spiro atoms. The van der Waals surface area contributed by atoms with Gasteiger partial charge in [0.2, 0.25) is 0 Å². The molecule has 0 aliphatic carbocycles. The molecule has 0 unspecified atom stereocenters. The zero-order chi connectivity index (χ0) is 11.2. The standard InChI is InChI=1S/C14H13.H2O.Sn/c1-12(13-8-4-2-5-9-13)14-10-6-3-7-11-14;;/h2-12H,1H2;1H2;/q;;+1/p-1. The molecular formula is C14H14OSn. The van der Waals surface area contributed by atoms with Gasteiger partial charge in [0, 0.05) is 0 Å². The normalized spacial score (nSPS) is 10.6. The molecule has 80 valence electrons. The Morgan fingerprint density at radius 1 is 0.812 bits per heavy atom.